The van der Waals surface area contributed by atoms with Gasteiger partial charge in [-0.05, 0) is 31.0 Å². The maximum Gasteiger partial charge on any atom is 0.191 e. The highest BCUT2D eigenvalue weighted by atomic mass is 127. The van der Waals surface area contributed by atoms with E-state index in [1.807, 2.05) is 6.07 Å². The molecule has 0 aliphatic carbocycles. The molecule has 1 aromatic carbocycles. The van der Waals surface area contributed by atoms with E-state index in [4.69, 9.17) is 14.5 Å². The van der Waals surface area contributed by atoms with Crippen LogP contribution in [0, 0.1) is 0 Å². The van der Waals surface area contributed by atoms with Crippen LogP contribution in [0.4, 0.5) is 0 Å². The van der Waals surface area contributed by atoms with Gasteiger partial charge in [-0.3, -0.25) is 9.89 Å². The van der Waals surface area contributed by atoms with E-state index >= 15 is 0 Å². The SMILES string of the molecule is CCNC(=NCCn1cnnc1CC)NC1CCN(Cc2cc(OC)cc(OC)c2)C1.I. The summed E-state index contributed by atoms with van der Waals surface area (Å²) in [5, 5.41) is 15.1. The van der Waals surface area contributed by atoms with Gasteiger partial charge < -0.3 is 24.7 Å². The van der Waals surface area contributed by atoms with Crippen LogP contribution in [0.25, 0.3) is 0 Å². The summed E-state index contributed by atoms with van der Waals surface area (Å²) in [6.07, 6.45) is 3.73. The molecule has 0 radical (unpaired) electrons. The molecule has 9 nitrogen and oxygen atoms in total. The van der Waals surface area contributed by atoms with Crippen LogP contribution in [0.2, 0.25) is 0 Å². The van der Waals surface area contributed by atoms with Crippen LogP contribution in [-0.2, 0) is 19.5 Å². The Balaban J connectivity index is 0.00000363. The minimum absolute atomic E-state index is 0. The van der Waals surface area contributed by atoms with Crippen molar-refractivity contribution in [1.29, 1.82) is 0 Å². The van der Waals surface area contributed by atoms with Gasteiger partial charge in [-0.1, -0.05) is 6.92 Å². The lowest BCUT2D eigenvalue weighted by molar-refractivity contribution is 0.321. The van der Waals surface area contributed by atoms with E-state index in [9.17, 15) is 0 Å². The fraction of sp³-hybridized carbons (Fsp3) is 0.591. The summed E-state index contributed by atoms with van der Waals surface area (Å²) in [5.74, 6) is 3.51. The van der Waals surface area contributed by atoms with Gasteiger partial charge in [0.25, 0.3) is 0 Å². The molecule has 10 heteroatoms. The molecule has 0 saturated carbocycles. The summed E-state index contributed by atoms with van der Waals surface area (Å²) in [5.41, 5.74) is 1.19. The third-order valence-electron chi connectivity index (χ3n) is 5.40. The van der Waals surface area contributed by atoms with Crippen molar-refractivity contribution in [2.24, 2.45) is 4.99 Å². The molecule has 0 amide bonds. The molecule has 2 N–H and O–H groups in total. The Morgan fingerprint density at radius 3 is 2.59 bits per heavy atom. The maximum absolute atomic E-state index is 5.40. The summed E-state index contributed by atoms with van der Waals surface area (Å²) in [7, 11) is 3.37. The van der Waals surface area contributed by atoms with Gasteiger partial charge in [0, 0.05) is 51.3 Å². The lowest BCUT2D eigenvalue weighted by Gasteiger charge is -2.19. The molecule has 1 aliphatic heterocycles. The van der Waals surface area contributed by atoms with Crippen molar-refractivity contribution in [2.75, 3.05) is 40.4 Å². The number of nitrogens with one attached hydrogen (secondary N) is 2. The summed E-state index contributed by atoms with van der Waals surface area (Å²) < 4.78 is 12.9. The number of nitrogens with zero attached hydrogens (tertiary/aromatic N) is 5. The van der Waals surface area contributed by atoms with Gasteiger partial charge >= 0.3 is 0 Å². The molecule has 1 unspecified atom stereocenters. The third kappa shape index (κ3) is 7.51. The second-order valence-electron chi connectivity index (χ2n) is 7.64. The molecule has 32 heavy (non-hydrogen) atoms. The van der Waals surface area contributed by atoms with Crippen LogP contribution >= 0.6 is 24.0 Å². The van der Waals surface area contributed by atoms with Gasteiger partial charge in [0.1, 0.15) is 23.7 Å². The summed E-state index contributed by atoms with van der Waals surface area (Å²) in [6, 6.07) is 6.42. The zero-order valence-corrected chi connectivity index (χ0v) is 21.8. The van der Waals surface area contributed by atoms with Crippen LogP contribution in [0.15, 0.2) is 29.5 Å². The van der Waals surface area contributed by atoms with E-state index < -0.39 is 0 Å². The van der Waals surface area contributed by atoms with Crippen LogP contribution in [0.1, 0.15) is 31.7 Å². The van der Waals surface area contributed by atoms with Gasteiger partial charge in [-0.15, -0.1) is 34.2 Å². The van der Waals surface area contributed by atoms with Crippen LogP contribution in [0.3, 0.4) is 0 Å². The number of guanidine groups is 1. The lowest BCUT2D eigenvalue weighted by atomic mass is 10.2. The largest absolute Gasteiger partial charge is 0.497 e. The maximum atomic E-state index is 5.40. The van der Waals surface area contributed by atoms with E-state index in [0.717, 1.165) is 68.8 Å². The van der Waals surface area contributed by atoms with E-state index in [1.165, 1.54) is 5.56 Å². The highest BCUT2D eigenvalue weighted by molar-refractivity contribution is 14.0. The summed E-state index contributed by atoms with van der Waals surface area (Å²) >= 11 is 0. The highest BCUT2D eigenvalue weighted by Crippen LogP contribution is 2.24. The fourth-order valence-corrected chi connectivity index (χ4v) is 3.83. The number of aryl methyl sites for hydroxylation is 1. The third-order valence-corrected chi connectivity index (χ3v) is 5.40. The average molecular weight is 557 g/mol. The van der Waals surface area contributed by atoms with Crippen molar-refractivity contribution < 1.29 is 9.47 Å². The normalized spacial score (nSPS) is 16.5. The number of methoxy groups -OCH3 is 2. The van der Waals surface area contributed by atoms with Crippen molar-refractivity contribution in [1.82, 2.24) is 30.3 Å². The average Bonchev–Trinajstić information content (AvgIpc) is 3.42. The molecular formula is C22H36IN7O2. The Kier molecular flexibility index (Phi) is 11.0. The Hall–Kier alpha value is -2.08. The minimum Gasteiger partial charge on any atom is -0.497 e. The minimum atomic E-state index is 0. The van der Waals surface area contributed by atoms with E-state index in [1.54, 1.807) is 20.5 Å². The van der Waals surface area contributed by atoms with Crippen LogP contribution in [0.5, 0.6) is 11.5 Å². The Labute approximate surface area is 208 Å². The van der Waals surface area contributed by atoms with Crippen LogP contribution < -0.4 is 20.1 Å². The smallest absolute Gasteiger partial charge is 0.191 e. The van der Waals surface area contributed by atoms with Gasteiger partial charge in [-0.25, -0.2) is 0 Å². The molecule has 1 atom stereocenters. The number of hydrogen-bond acceptors (Lipinski definition) is 6. The molecule has 1 saturated heterocycles. The molecule has 178 valence electrons. The highest BCUT2D eigenvalue weighted by Gasteiger charge is 2.23. The van der Waals surface area contributed by atoms with E-state index in [-0.39, 0.29) is 24.0 Å². The second kappa shape index (κ2) is 13.5. The predicted octanol–water partition coefficient (Wildman–Crippen LogP) is 2.31. The second-order valence-corrected chi connectivity index (χ2v) is 7.64. The molecule has 2 aromatic rings. The topological polar surface area (TPSA) is 88.8 Å². The monoisotopic (exact) mass is 557 g/mol. The molecule has 1 aliphatic rings. The number of ether oxygens (including phenoxy) is 2. The molecule has 1 aromatic heterocycles. The predicted molar refractivity (Wildman–Crippen MR) is 137 cm³/mol. The van der Waals surface area contributed by atoms with Gasteiger partial charge in [0.05, 0.1) is 20.8 Å². The number of rotatable bonds is 10. The van der Waals surface area contributed by atoms with Crippen molar-refractivity contribution in [3.63, 3.8) is 0 Å². The molecule has 0 spiro atoms. The molecule has 2 heterocycles. The van der Waals surface area contributed by atoms with Crippen molar-refractivity contribution in [3.05, 3.63) is 35.9 Å². The van der Waals surface area contributed by atoms with Crippen LogP contribution in [-0.4, -0.2) is 72.1 Å². The zero-order chi connectivity index (χ0) is 22.1. The molecule has 1 fully saturated rings. The fourth-order valence-electron chi connectivity index (χ4n) is 3.83. The number of aromatic nitrogens is 3. The number of halogens is 1. The lowest BCUT2D eigenvalue weighted by Crippen LogP contribution is -2.44. The first-order chi connectivity index (χ1) is 15.1. The first kappa shape index (κ1) is 26.2. The quantitative estimate of drug-likeness (QED) is 0.263. The number of aliphatic imine (C=N–C) groups is 1. The Morgan fingerprint density at radius 1 is 1.19 bits per heavy atom. The summed E-state index contributed by atoms with van der Waals surface area (Å²) in [6.45, 7) is 9.34. The molecule has 0 bridgehead atoms. The van der Waals surface area contributed by atoms with Gasteiger partial charge in [-0.2, -0.15) is 0 Å². The van der Waals surface area contributed by atoms with Crippen molar-refractivity contribution in [2.45, 2.75) is 45.8 Å². The standard InChI is InChI=1S/C22H35N7O2.HI/c1-5-21-27-25-16-29(21)10-8-24-22(23-6-2)26-18-7-9-28(15-18)14-17-11-19(30-3)13-20(12-17)31-4;/h11-13,16,18H,5-10,14-15H2,1-4H3,(H2,23,24,26);1H. The van der Waals surface area contributed by atoms with E-state index in [2.05, 4.69) is 56.3 Å². The summed E-state index contributed by atoms with van der Waals surface area (Å²) in [4.78, 5) is 7.19. The first-order valence-corrected chi connectivity index (χ1v) is 11.0. The van der Waals surface area contributed by atoms with E-state index in [0.29, 0.717) is 12.6 Å². The van der Waals surface area contributed by atoms with Crippen molar-refractivity contribution in [3.8, 4) is 11.5 Å². The van der Waals surface area contributed by atoms with Gasteiger partial charge in [0.2, 0.25) is 0 Å². The van der Waals surface area contributed by atoms with Gasteiger partial charge in [0.15, 0.2) is 5.96 Å². The number of benzene rings is 1. The molecular weight excluding hydrogens is 521 g/mol. The zero-order valence-electron chi connectivity index (χ0n) is 19.5. The Morgan fingerprint density at radius 2 is 1.94 bits per heavy atom. The first-order valence-electron chi connectivity index (χ1n) is 11.0. The Bertz CT molecular complexity index is 836. The van der Waals surface area contributed by atoms with Crippen molar-refractivity contribution >= 4 is 29.9 Å². The molecule has 3 rings (SSSR count). The number of likely N-dealkylation sites (tertiary alicyclic amines) is 1. The number of hydrogen-bond donors (Lipinski definition) is 2.